The van der Waals surface area contributed by atoms with Crippen LogP contribution < -0.4 is 10.1 Å². The van der Waals surface area contributed by atoms with Gasteiger partial charge in [0.15, 0.2) is 12.4 Å². The molecule has 0 radical (unpaired) electrons. The number of carbonyl (C=O) groups excluding carboxylic acids is 4. The van der Waals surface area contributed by atoms with Crippen molar-refractivity contribution in [3.63, 3.8) is 0 Å². The predicted molar refractivity (Wildman–Crippen MR) is 113 cm³/mol. The molecule has 0 saturated heterocycles. The van der Waals surface area contributed by atoms with Crippen LogP contribution in [0.1, 0.15) is 57.5 Å². The van der Waals surface area contributed by atoms with Crippen molar-refractivity contribution in [2.45, 2.75) is 45.1 Å². The molecule has 0 unspecified atom stereocenters. The van der Waals surface area contributed by atoms with Crippen molar-refractivity contribution in [3.8, 4) is 5.75 Å². The molecule has 2 aromatic carbocycles. The Balaban J connectivity index is 1.39. The molecule has 1 N–H and O–H groups in total. The standard InChI is InChI=1S/C24H23F2NO6/c25-24(26)33-19-9-7-16(8-10-19)23(31)27-21(29)14-32-22(30)12-11-20(28)18-6-5-15-3-1-2-4-17(15)13-18/h5-10,13,24H,1-4,11-12,14H2,(H,27,29,31). The zero-order chi connectivity index (χ0) is 23.8. The average Bonchev–Trinajstić information content (AvgIpc) is 2.80. The van der Waals surface area contributed by atoms with Crippen molar-refractivity contribution in [1.82, 2.24) is 5.32 Å². The maximum absolute atomic E-state index is 12.4. The third-order valence-corrected chi connectivity index (χ3v) is 5.19. The van der Waals surface area contributed by atoms with Crippen molar-refractivity contribution < 1.29 is 37.4 Å². The maximum atomic E-state index is 12.4. The van der Waals surface area contributed by atoms with E-state index in [1.54, 1.807) is 6.07 Å². The second-order valence-corrected chi connectivity index (χ2v) is 7.55. The number of aryl methyl sites for hydroxylation is 2. The lowest BCUT2D eigenvalue weighted by Crippen LogP contribution is -2.34. The van der Waals surface area contributed by atoms with Crippen LogP contribution in [0.5, 0.6) is 5.75 Å². The minimum atomic E-state index is -2.99. The highest BCUT2D eigenvalue weighted by Crippen LogP contribution is 2.23. The molecule has 0 spiro atoms. The summed E-state index contributed by atoms with van der Waals surface area (Å²) >= 11 is 0. The van der Waals surface area contributed by atoms with Crippen LogP contribution in [0.3, 0.4) is 0 Å². The summed E-state index contributed by atoms with van der Waals surface area (Å²) in [4.78, 5) is 48.1. The van der Waals surface area contributed by atoms with Crippen LogP contribution in [0.15, 0.2) is 42.5 Å². The number of halogens is 2. The van der Waals surface area contributed by atoms with E-state index in [-0.39, 0.29) is 29.9 Å². The van der Waals surface area contributed by atoms with E-state index >= 15 is 0 Å². The number of imide groups is 1. The second kappa shape index (κ2) is 11.3. The fourth-order valence-electron chi connectivity index (χ4n) is 3.51. The monoisotopic (exact) mass is 459 g/mol. The SMILES string of the molecule is O=C(COC(=O)CCC(=O)c1ccc2c(c1)CCCC2)NC(=O)c1ccc(OC(F)F)cc1. The summed E-state index contributed by atoms with van der Waals surface area (Å²) in [5.41, 5.74) is 3.02. The number of benzene rings is 2. The number of nitrogens with one attached hydrogen (secondary N) is 1. The van der Waals surface area contributed by atoms with Crippen LogP contribution in [0.2, 0.25) is 0 Å². The molecule has 3 rings (SSSR count). The van der Waals surface area contributed by atoms with Crippen molar-refractivity contribution in [1.29, 1.82) is 0 Å². The summed E-state index contributed by atoms with van der Waals surface area (Å²) in [6, 6.07) is 10.3. The number of hydrogen-bond acceptors (Lipinski definition) is 6. The number of alkyl halides is 2. The van der Waals surface area contributed by atoms with Gasteiger partial charge in [0.2, 0.25) is 0 Å². The average molecular weight is 459 g/mol. The summed E-state index contributed by atoms with van der Waals surface area (Å²) in [6.45, 7) is -3.68. The number of ether oxygens (including phenoxy) is 2. The van der Waals surface area contributed by atoms with Crippen LogP contribution in [0, 0.1) is 0 Å². The van der Waals surface area contributed by atoms with Gasteiger partial charge in [-0.25, -0.2) is 0 Å². The van der Waals surface area contributed by atoms with Crippen LogP contribution in [0.25, 0.3) is 0 Å². The first-order chi connectivity index (χ1) is 15.8. The van der Waals surface area contributed by atoms with Gasteiger partial charge in [0.25, 0.3) is 11.8 Å². The number of amides is 2. The topological polar surface area (TPSA) is 98.8 Å². The normalized spacial score (nSPS) is 12.6. The predicted octanol–water partition coefficient (Wildman–Crippen LogP) is 3.63. The lowest BCUT2D eigenvalue weighted by atomic mass is 9.89. The van der Waals surface area contributed by atoms with Gasteiger partial charge >= 0.3 is 12.6 Å². The molecule has 0 heterocycles. The molecule has 9 heteroatoms. The molecule has 2 amide bonds. The van der Waals surface area contributed by atoms with E-state index in [0.29, 0.717) is 5.56 Å². The largest absolute Gasteiger partial charge is 0.456 e. The lowest BCUT2D eigenvalue weighted by Gasteiger charge is -2.16. The summed E-state index contributed by atoms with van der Waals surface area (Å²) in [7, 11) is 0. The smallest absolute Gasteiger partial charge is 0.387 e. The molecular weight excluding hydrogens is 436 g/mol. The number of Topliss-reactive ketones (excluding diaryl/α,β-unsaturated/α-hetero) is 1. The zero-order valence-corrected chi connectivity index (χ0v) is 17.8. The Morgan fingerprint density at radius 1 is 0.879 bits per heavy atom. The number of carbonyl (C=O) groups is 4. The van der Waals surface area contributed by atoms with Gasteiger partial charge in [-0.05, 0) is 67.1 Å². The highest BCUT2D eigenvalue weighted by Gasteiger charge is 2.16. The first-order valence-corrected chi connectivity index (χ1v) is 10.5. The van der Waals surface area contributed by atoms with Crippen molar-refractivity contribution >= 4 is 23.6 Å². The lowest BCUT2D eigenvalue weighted by molar-refractivity contribution is -0.148. The molecule has 0 aliphatic heterocycles. The Morgan fingerprint density at radius 2 is 1.55 bits per heavy atom. The first-order valence-electron chi connectivity index (χ1n) is 10.5. The Hall–Kier alpha value is -3.62. The van der Waals surface area contributed by atoms with E-state index in [9.17, 15) is 28.0 Å². The molecule has 0 atom stereocenters. The third-order valence-electron chi connectivity index (χ3n) is 5.19. The quantitative estimate of drug-likeness (QED) is 0.454. The highest BCUT2D eigenvalue weighted by atomic mass is 19.3. The van der Waals surface area contributed by atoms with Crippen LogP contribution in [0.4, 0.5) is 8.78 Å². The first kappa shape index (κ1) is 24.0. The summed E-state index contributed by atoms with van der Waals surface area (Å²) in [5.74, 6) is -2.70. The van der Waals surface area contributed by atoms with Crippen molar-refractivity contribution in [2.24, 2.45) is 0 Å². The third kappa shape index (κ3) is 7.20. The Kier molecular flexibility index (Phi) is 8.23. The van der Waals surface area contributed by atoms with Crippen LogP contribution >= 0.6 is 0 Å². The zero-order valence-electron chi connectivity index (χ0n) is 17.8. The van der Waals surface area contributed by atoms with E-state index in [0.717, 1.165) is 37.8 Å². The van der Waals surface area contributed by atoms with Gasteiger partial charge in [-0.3, -0.25) is 24.5 Å². The van der Waals surface area contributed by atoms with E-state index < -0.39 is 31.0 Å². The summed E-state index contributed by atoms with van der Waals surface area (Å²) in [6.07, 6.45) is 3.96. The van der Waals surface area contributed by atoms with Gasteiger partial charge in [0, 0.05) is 17.5 Å². The van der Waals surface area contributed by atoms with Crippen LogP contribution in [-0.4, -0.2) is 36.8 Å². The van der Waals surface area contributed by atoms with E-state index in [2.05, 4.69) is 4.74 Å². The number of hydrogen-bond donors (Lipinski definition) is 1. The van der Waals surface area contributed by atoms with E-state index in [1.165, 1.54) is 23.3 Å². The molecule has 1 aliphatic rings. The van der Waals surface area contributed by atoms with E-state index in [1.807, 2.05) is 17.4 Å². The molecule has 0 bridgehead atoms. The second-order valence-electron chi connectivity index (χ2n) is 7.55. The Bertz CT molecular complexity index is 1040. The maximum Gasteiger partial charge on any atom is 0.387 e. The molecule has 0 saturated carbocycles. The van der Waals surface area contributed by atoms with Crippen molar-refractivity contribution in [2.75, 3.05) is 6.61 Å². The molecular formula is C24H23F2NO6. The molecule has 7 nitrogen and oxygen atoms in total. The van der Waals surface area contributed by atoms with Gasteiger partial charge in [-0.2, -0.15) is 8.78 Å². The molecule has 33 heavy (non-hydrogen) atoms. The minimum absolute atomic E-state index is 0.0342. The molecule has 174 valence electrons. The van der Waals surface area contributed by atoms with Crippen LogP contribution in [-0.2, 0) is 27.2 Å². The van der Waals surface area contributed by atoms with Gasteiger partial charge in [-0.1, -0.05) is 12.1 Å². The molecule has 0 aromatic heterocycles. The fraction of sp³-hybridized carbons (Fsp3) is 0.333. The number of ketones is 1. The number of fused-ring (bicyclic) bond motifs is 1. The van der Waals surface area contributed by atoms with E-state index in [4.69, 9.17) is 4.74 Å². The van der Waals surface area contributed by atoms with Crippen molar-refractivity contribution in [3.05, 3.63) is 64.7 Å². The Morgan fingerprint density at radius 3 is 2.24 bits per heavy atom. The van der Waals surface area contributed by atoms with Gasteiger partial charge in [0.1, 0.15) is 5.75 Å². The van der Waals surface area contributed by atoms with Gasteiger partial charge in [-0.15, -0.1) is 0 Å². The molecule has 1 aliphatic carbocycles. The summed E-state index contributed by atoms with van der Waals surface area (Å²) in [5, 5.41) is 2.02. The minimum Gasteiger partial charge on any atom is -0.456 e. The molecule has 2 aromatic rings. The molecule has 0 fully saturated rings. The summed E-state index contributed by atoms with van der Waals surface area (Å²) < 4.78 is 33.3. The fourth-order valence-corrected chi connectivity index (χ4v) is 3.51. The Labute approximate surface area is 189 Å². The number of rotatable bonds is 9. The highest BCUT2D eigenvalue weighted by molar-refractivity contribution is 6.05. The van der Waals surface area contributed by atoms with Gasteiger partial charge < -0.3 is 9.47 Å². The van der Waals surface area contributed by atoms with Gasteiger partial charge in [0.05, 0.1) is 6.42 Å². The number of esters is 1.